The summed E-state index contributed by atoms with van der Waals surface area (Å²) in [6.07, 6.45) is 8.67. The third-order valence-corrected chi connectivity index (χ3v) is 8.71. The summed E-state index contributed by atoms with van der Waals surface area (Å²) < 4.78 is 0. The van der Waals surface area contributed by atoms with E-state index in [-0.39, 0.29) is 29.0 Å². The molecule has 4 aliphatic carbocycles. The lowest BCUT2D eigenvalue weighted by atomic mass is 9.47. The van der Waals surface area contributed by atoms with Gasteiger partial charge in [0.25, 0.3) is 0 Å². The lowest BCUT2D eigenvalue weighted by Crippen LogP contribution is -2.51. The van der Waals surface area contributed by atoms with Crippen molar-refractivity contribution in [2.45, 2.75) is 84.0 Å². The lowest BCUT2D eigenvalue weighted by molar-refractivity contribution is -0.0761. The number of allylic oxidation sites excluding steroid dienone is 1. The van der Waals surface area contributed by atoms with Gasteiger partial charge < -0.3 is 15.3 Å². The van der Waals surface area contributed by atoms with Gasteiger partial charge in [-0.15, -0.1) is 0 Å². The second-order valence-electron chi connectivity index (χ2n) is 9.77. The van der Waals surface area contributed by atoms with Crippen LogP contribution in [-0.4, -0.2) is 33.6 Å². The summed E-state index contributed by atoms with van der Waals surface area (Å²) in [6.45, 7) is 6.62. The van der Waals surface area contributed by atoms with E-state index < -0.39 is 6.10 Å². The second kappa shape index (κ2) is 5.56. The van der Waals surface area contributed by atoms with Crippen LogP contribution in [0.2, 0.25) is 0 Å². The molecule has 136 valence electrons. The third kappa shape index (κ3) is 2.20. The van der Waals surface area contributed by atoms with Gasteiger partial charge in [-0.05, 0) is 80.5 Å². The molecule has 0 amide bonds. The molecule has 0 spiro atoms. The minimum absolute atomic E-state index is 0.0230. The van der Waals surface area contributed by atoms with Crippen molar-refractivity contribution in [3.63, 3.8) is 0 Å². The summed E-state index contributed by atoms with van der Waals surface area (Å²) in [5, 5.41) is 31.0. The highest BCUT2D eigenvalue weighted by Crippen LogP contribution is 2.66. The SMILES string of the molecule is C[C@H](O)[C@H]1[C@H](O)C[C@H]2[C@@H]3CC=C4C[C@@H](O)CC[C@]4(C)[C@H]3CC[C@]12C. The molecule has 0 saturated heterocycles. The fourth-order valence-electron chi connectivity index (χ4n) is 7.57. The molecule has 0 aliphatic heterocycles. The quantitative estimate of drug-likeness (QED) is 0.645. The van der Waals surface area contributed by atoms with Crippen molar-refractivity contribution in [2.24, 2.45) is 34.5 Å². The van der Waals surface area contributed by atoms with Crippen molar-refractivity contribution < 1.29 is 15.3 Å². The van der Waals surface area contributed by atoms with Gasteiger partial charge in [0.1, 0.15) is 0 Å². The number of fused-ring (bicyclic) bond motifs is 5. The van der Waals surface area contributed by atoms with Gasteiger partial charge in [0.05, 0.1) is 18.3 Å². The van der Waals surface area contributed by atoms with Crippen molar-refractivity contribution in [3.8, 4) is 0 Å². The fraction of sp³-hybridized carbons (Fsp3) is 0.905. The molecule has 0 aromatic heterocycles. The van der Waals surface area contributed by atoms with Gasteiger partial charge >= 0.3 is 0 Å². The Balaban J connectivity index is 1.67. The highest BCUT2D eigenvalue weighted by Gasteiger charge is 2.61. The molecule has 3 fully saturated rings. The van der Waals surface area contributed by atoms with Crippen LogP contribution in [0.25, 0.3) is 0 Å². The Labute approximate surface area is 146 Å². The van der Waals surface area contributed by atoms with E-state index in [1.165, 1.54) is 12.0 Å². The molecular weight excluding hydrogens is 300 g/mol. The fourth-order valence-corrected chi connectivity index (χ4v) is 7.57. The maximum absolute atomic E-state index is 10.7. The van der Waals surface area contributed by atoms with Crippen molar-refractivity contribution >= 4 is 0 Å². The van der Waals surface area contributed by atoms with Gasteiger partial charge in [-0.2, -0.15) is 0 Å². The molecule has 4 rings (SSSR count). The summed E-state index contributed by atoms with van der Waals surface area (Å²) in [6, 6.07) is 0. The maximum atomic E-state index is 10.7. The normalized spacial score (nSPS) is 55.2. The van der Waals surface area contributed by atoms with Crippen molar-refractivity contribution in [1.29, 1.82) is 0 Å². The van der Waals surface area contributed by atoms with E-state index in [4.69, 9.17) is 0 Å². The Kier molecular flexibility index (Phi) is 3.95. The Bertz CT molecular complexity index is 541. The van der Waals surface area contributed by atoms with Crippen LogP contribution in [0.15, 0.2) is 11.6 Å². The van der Waals surface area contributed by atoms with Gasteiger partial charge in [0.2, 0.25) is 0 Å². The van der Waals surface area contributed by atoms with Gasteiger partial charge in [-0.3, -0.25) is 0 Å². The molecule has 0 radical (unpaired) electrons. The predicted molar refractivity (Wildman–Crippen MR) is 94.3 cm³/mol. The monoisotopic (exact) mass is 334 g/mol. The second-order valence-corrected chi connectivity index (χ2v) is 9.77. The first-order valence-corrected chi connectivity index (χ1v) is 10.0. The lowest BCUT2D eigenvalue weighted by Gasteiger charge is -2.58. The molecular formula is C21H34O3. The molecule has 0 unspecified atom stereocenters. The minimum Gasteiger partial charge on any atom is -0.393 e. The van der Waals surface area contributed by atoms with Gasteiger partial charge in [0, 0.05) is 5.92 Å². The number of rotatable bonds is 1. The average molecular weight is 335 g/mol. The molecule has 0 aromatic carbocycles. The zero-order valence-corrected chi connectivity index (χ0v) is 15.4. The van der Waals surface area contributed by atoms with Gasteiger partial charge in [-0.1, -0.05) is 25.5 Å². The van der Waals surface area contributed by atoms with Crippen molar-refractivity contribution in [2.75, 3.05) is 0 Å². The number of hydrogen-bond donors (Lipinski definition) is 3. The van der Waals surface area contributed by atoms with E-state index in [9.17, 15) is 15.3 Å². The summed E-state index contributed by atoms with van der Waals surface area (Å²) >= 11 is 0. The Hall–Kier alpha value is -0.380. The van der Waals surface area contributed by atoms with Crippen LogP contribution in [0, 0.1) is 34.5 Å². The smallest absolute Gasteiger partial charge is 0.0601 e. The standard InChI is InChI=1S/C21H34O3/c1-12(22)19-18(24)11-17-15-5-4-13-10-14(23)6-8-20(13,2)16(15)7-9-21(17,19)3/h4,12,14-19,22-24H,5-11H2,1-3H3/t12-,14-,15+,16-,17-,18+,19-,20-,21-/m0/s1. The van der Waals surface area contributed by atoms with Gasteiger partial charge in [0.15, 0.2) is 0 Å². The first-order valence-electron chi connectivity index (χ1n) is 10.0. The molecule has 3 heteroatoms. The summed E-state index contributed by atoms with van der Waals surface area (Å²) in [5.74, 6) is 1.86. The largest absolute Gasteiger partial charge is 0.393 e. The third-order valence-electron chi connectivity index (χ3n) is 8.71. The van der Waals surface area contributed by atoms with Crippen LogP contribution in [-0.2, 0) is 0 Å². The van der Waals surface area contributed by atoms with Crippen LogP contribution < -0.4 is 0 Å². The Morgan fingerprint density at radius 1 is 1.12 bits per heavy atom. The zero-order chi connectivity index (χ0) is 17.3. The molecule has 9 atom stereocenters. The molecule has 0 heterocycles. The van der Waals surface area contributed by atoms with E-state index in [1.54, 1.807) is 0 Å². The molecule has 24 heavy (non-hydrogen) atoms. The van der Waals surface area contributed by atoms with Crippen LogP contribution in [0.4, 0.5) is 0 Å². The summed E-state index contributed by atoms with van der Waals surface area (Å²) in [4.78, 5) is 0. The molecule has 3 saturated carbocycles. The molecule has 3 nitrogen and oxygen atoms in total. The van der Waals surface area contributed by atoms with E-state index >= 15 is 0 Å². The van der Waals surface area contributed by atoms with Crippen LogP contribution in [0.5, 0.6) is 0 Å². The number of aliphatic hydroxyl groups is 3. The summed E-state index contributed by atoms with van der Waals surface area (Å²) in [7, 11) is 0. The number of aliphatic hydroxyl groups excluding tert-OH is 3. The van der Waals surface area contributed by atoms with Crippen molar-refractivity contribution in [1.82, 2.24) is 0 Å². The van der Waals surface area contributed by atoms with Crippen LogP contribution in [0.1, 0.15) is 65.7 Å². The average Bonchev–Trinajstić information content (AvgIpc) is 2.78. The van der Waals surface area contributed by atoms with E-state index in [1.807, 2.05) is 6.92 Å². The maximum Gasteiger partial charge on any atom is 0.0601 e. The van der Waals surface area contributed by atoms with E-state index in [0.717, 1.165) is 38.5 Å². The molecule has 0 bridgehead atoms. The first kappa shape index (κ1) is 17.1. The van der Waals surface area contributed by atoms with Crippen molar-refractivity contribution in [3.05, 3.63) is 11.6 Å². The summed E-state index contributed by atoms with van der Waals surface area (Å²) in [5.41, 5.74) is 1.82. The highest BCUT2D eigenvalue weighted by atomic mass is 16.3. The topological polar surface area (TPSA) is 60.7 Å². The Morgan fingerprint density at radius 2 is 1.88 bits per heavy atom. The van der Waals surface area contributed by atoms with E-state index in [2.05, 4.69) is 19.9 Å². The van der Waals surface area contributed by atoms with Crippen LogP contribution in [0.3, 0.4) is 0 Å². The van der Waals surface area contributed by atoms with Gasteiger partial charge in [-0.25, -0.2) is 0 Å². The molecule has 4 aliphatic rings. The highest BCUT2D eigenvalue weighted by molar-refractivity contribution is 5.25. The minimum atomic E-state index is -0.429. The molecule has 3 N–H and O–H groups in total. The predicted octanol–water partition coefficient (Wildman–Crippen LogP) is 3.28. The Morgan fingerprint density at radius 3 is 2.58 bits per heavy atom. The number of hydrogen-bond acceptors (Lipinski definition) is 3. The molecule has 0 aromatic rings. The zero-order valence-electron chi connectivity index (χ0n) is 15.4. The first-order chi connectivity index (χ1) is 11.3. The van der Waals surface area contributed by atoms with Crippen LogP contribution >= 0.6 is 0 Å². The van der Waals surface area contributed by atoms with E-state index in [0.29, 0.717) is 17.8 Å².